The van der Waals surface area contributed by atoms with Crippen molar-refractivity contribution >= 4 is 28.4 Å². The summed E-state index contributed by atoms with van der Waals surface area (Å²) in [6.45, 7) is 3.44. The number of halogens is 1. The van der Waals surface area contributed by atoms with Gasteiger partial charge in [-0.2, -0.15) is 0 Å². The fourth-order valence-corrected chi connectivity index (χ4v) is 6.24. The minimum atomic E-state index is -0.391. The molecule has 3 aromatic rings. The molecule has 1 spiro atoms. The molecule has 36 heavy (non-hydrogen) atoms. The average Bonchev–Trinajstić information content (AvgIpc) is 3.26. The molecular formula is C28H35ClN4O3. The molecule has 1 saturated heterocycles. The second-order valence-corrected chi connectivity index (χ2v) is 10.8. The summed E-state index contributed by atoms with van der Waals surface area (Å²) in [5, 5.41) is 12.4. The number of nitrogens with one attached hydrogen (secondary N) is 1. The van der Waals surface area contributed by atoms with Crippen LogP contribution in [0.3, 0.4) is 0 Å². The Morgan fingerprint density at radius 2 is 1.97 bits per heavy atom. The van der Waals surface area contributed by atoms with E-state index in [1.165, 1.54) is 5.56 Å². The number of methoxy groups -OCH3 is 1. The molecule has 8 heteroatoms. The zero-order chi connectivity index (χ0) is 25.4. The number of likely N-dealkylation sites (tertiary alicyclic amines) is 1. The number of H-pyrrole nitrogens is 1. The molecule has 2 aliphatic heterocycles. The molecule has 0 saturated carbocycles. The number of rotatable bonds is 6. The van der Waals surface area contributed by atoms with E-state index in [4.69, 9.17) is 16.3 Å². The molecule has 1 amide bonds. The van der Waals surface area contributed by atoms with Gasteiger partial charge >= 0.3 is 0 Å². The maximum absolute atomic E-state index is 13.4. The molecule has 1 atom stereocenters. The monoisotopic (exact) mass is 510 g/mol. The normalized spacial score (nSPS) is 19.7. The number of aromatic nitrogens is 1. The number of ether oxygens (including phenoxy) is 1. The van der Waals surface area contributed by atoms with Gasteiger partial charge in [0.2, 0.25) is 5.91 Å². The number of aliphatic hydroxyl groups excluding tert-OH is 1. The molecule has 0 bridgehead atoms. The topological polar surface area (TPSA) is 72.0 Å². The zero-order valence-corrected chi connectivity index (χ0v) is 22.0. The zero-order valence-electron chi connectivity index (χ0n) is 21.3. The highest BCUT2D eigenvalue weighted by molar-refractivity contribution is 6.31. The van der Waals surface area contributed by atoms with Gasteiger partial charge in [-0.3, -0.25) is 9.69 Å². The third-order valence-electron chi connectivity index (χ3n) is 7.86. The van der Waals surface area contributed by atoms with Crippen LogP contribution in [-0.4, -0.2) is 84.7 Å². The summed E-state index contributed by atoms with van der Waals surface area (Å²) in [6, 6.07) is 13.8. The summed E-state index contributed by atoms with van der Waals surface area (Å²) in [6.07, 6.45) is 1.85. The van der Waals surface area contributed by atoms with Crippen LogP contribution in [0.2, 0.25) is 5.02 Å². The maximum Gasteiger partial charge on any atom is 0.237 e. The molecule has 0 radical (unpaired) electrons. The summed E-state index contributed by atoms with van der Waals surface area (Å²) >= 11 is 6.44. The highest BCUT2D eigenvalue weighted by Crippen LogP contribution is 2.49. The van der Waals surface area contributed by atoms with E-state index in [0.717, 1.165) is 65.4 Å². The summed E-state index contributed by atoms with van der Waals surface area (Å²) < 4.78 is 5.47. The molecule has 0 unspecified atom stereocenters. The Morgan fingerprint density at radius 1 is 1.22 bits per heavy atom. The molecule has 5 rings (SSSR count). The molecule has 7 nitrogen and oxygen atoms in total. The van der Waals surface area contributed by atoms with Gasteiger partial charge in [-0.15, -0.1) is 0 Å². The fourth-order valence-electron chi connectivity index (χ4n) is 6.04. The standard InChI is InChI=1S/C28H35ClN4O3/c1-31(2)16-25(35)33-18-28(10-12-32(13-11-28)15-19-6-4-5-7-22(19)29)26-21-9-8-20(36-3)14-23(21)30-27(26)24(33)17-34/h4-9,14,24,30,34H,10-13,15-18H2,1-3H3/t24-/m0/s1. The number of likely N-dealkylation sites (N-methyl/N-ethyl adjacent to an activating group) is 1. The Labute approximate surface area is 217 Å². The molecule has 3 heterocycles. The van der Waals surface area contributed by atoms with Crippen LogP contribution >= 0.6 is 11.6 Å². The number of carbonyl (C=O) groups is 1. The van der Waals surface area contributed by atoms with Crippen LogP contribution in [0.25, 0.3) is 10.9 Å². The number of hydrogen-bond acceptors (Lipinski definition) is 5. The van der Waals surface area contributed by atoms with Crippen LogP contribution in [-0.2, 0) is 16.8 Å². The van der Waals surface area contributed by atoms with Crippen LogP contribution in [0, 0.1) is 0 Å². The van der Waals surface area contributed by atoms with Gasteiger partial charge in [-0.25, -0.2) is 0 Å². The van der Waals surface area contributed by atoms with Gasteiger partial charge in [0.25, 0.3) is 0 Å². The number of aliphatic hydroxyl groups is 1. The van der Waals surface area contributed by atoms with E-state index in [-0.39, 0.29) is 17.9 Å². The van der Waals surface area contributed by atoms with Gasteiger partial charge < -0.3 is 24.6 Å². The number of piperidine rings is 1. The van der Waals surface area contributed by atoms with E-state index < -0.39 is 6.04 Å². The van der Waals surface area contributed by atoms with E-state index in [1.54, 1.807) is 7.11 Å². The molecule has 2 aromatic carbocycles. The summed E-state index contributed by atoms with van der Waals surface area (Å²) in [7, 11) is 5.47. The van der Waals surface area contributed by atoms with Crippen molar-refractivity contribution in [3.05, 3.63) is 64.3 Å². The SMILES string of the molecule is COc1ccc2c3c([nH]c2c1)[C@H](CO)N(C(=O)CN(C)C)CC31CCN(Cc2ccccc2Cl)CC1. The van der Waals surface area contributed by atoms with Gasteiger partial charge in [0.05, 0.1) is 26.3 Å². The van der Waals surface area contributed by atoms with E-state index in [9.17, 15) is 9.90 Å². The molecule has 1 fully saturated rings. The number of nitrogens with zero attached hydrogens (tertiary/aromatic N) is 3. The van der Waals surface area contributed by atoms with Crippen molar-refractivity contribution in [2.45, 2.75) is 30.8 Å². The third kappa shape index (κ3) is 4.50. The molecular weight excluding hydrogens is 476 g/mol. The van der Waals surface area contributed by atoms with E-state index >= 15 is 0 Å². The first-order chi connectivity index (χ1) is 17.3. The molecule has 0 aliphatic carbocycles. The lowest BCUT2D eigenvalue weighted by molar-refractivity contribution is -0.138. The van der Waals surface area contributed by atoms with Gasteiger partial charge in [-0.1, -0.05) is 29.8 Å². The van der Waals surface area contributed by atoms with Crippen LogP contribution in [0.1, 0.15) is 35.7 Å². The number of carbonyl (C=O) groups excluding carboxylic acids is 1. The highest BCUT2D eigenvalue weighted by atomic mass is 35.5. The number of fused-ring (bicyclic) bond motifs is 4. The van der Waals surface area contributed by atoms with Crippen LogP contribution in [0.5, 0.6) is 5.75 Å². The van der Waals surface area contributed by atoms with Crippen molar-refractivity contribution in [2.24, 2.45) is 0 Å². The Bertz CT molecular complexity index is 1250. The second-order valence-electron chi connectivity index (χ2n) is 10.4. The minimum Gasteiger partial charge on any atom is -0.497 e. The average molecular weight is 511 g/mol. The van der Waals surface area contributed by atoms with E-state index in [0.29, 0.717) is 13.1 Å². The highest BCUT2D eigenvalue weighted by Gasteiger charge is 2.48. The van der Waals surface area contributed by atoms with Crippen molar-refractivity contribution in [1.29, 1.82) is 0 Å². The Balaban J connectivity index is 1.52. The maximum atomic E-state index is 13.4. The first-order valence-electron chi connectivity index (χ1n) is 12.6. The van der Waals surface area contributed by atoms with Crippen molar-refractivity contribution in [2.75, 3.05) is 54.0 Å². The number of benzene rings is 2. The number of aromatic amines is 1. The molecule has 2 N–H and O–H groups in total. The lowest BCUT2D eigenvalue weighted by Crippen LogP contribution is -2.56. The van der Waals surface area contributed by atoms with Gasteiger partial charge in [0.15, 0.2) is 0 Å². The predicted octanol–water partition coefficient (Wildman–Crippen LogP) is 3.80. The fraction of sp³-hybridized carbons (Fsp3) is 0.464. The quantitative estimate of drug-likeness (QED) is 0.528. The van der Waals surface area contributed by atoms with Crippen LogP contribution < -0.4 is 4.74 Å². The minimum absolute atomic E-state index is 0.0406. The first-order valence-corrected chi connectivity index (χ1v) is 12.9. The number of amides is 1. The molecule has 2 aliphatic rings. The van der Waals surface area contributed by atoms with Crippen molar-refractivity contribution in [3.63, 3.8) is 0 Å². The second kappa shape index (κ2) is 10.1. The van der Waals surface area contributed by atoms with Gasteiger partial charge in [0.1, 0.15) is 5.75 Å². The Hall–Kier alpha value is -2.58. The predicted molar refractivity (Wildman–Crippen MR) is 143 cm³/mol. The molecule has 192 valence electrons. The smallest absolute Gasteiger partial charge is 0.237 e. The van der Waals surface area contributed by atoms with Crippen molar-refractivity contribution in [3.8, 4) is 5.75 Å². The largest absolute Gasteiger partial charge is 0.497 e. The summed E-state index contributed by atoms with van der Waals surface area (Å²) in [4.78, 5) is 23.2. The lowest BCUT2D eigenvalue weighted by atomic mass is 9.68. The Morgan fingerprint density at radius 3 is 2.64 bits per heavy atom. The molecule has 1 aromatic heterocycles. The van der Waals surface area contributed by atoms with Crippen molar-refractivity contribution < 1.29 is 14.6 Å². The summed E-state index contributed by atoms with van der Waals surface area (Å²) in [5.74, 6) is 0.824. The van der Waals surface area contributed by atoms with Crippen LogP contribution in [0.15, 0.2) is 42.5 Å². The Kier molecular flexibility index (Phi) is 7.01. The summed E-state index contributed by atoms with van der Waals surface area (Å²) in [5.41, 5.74) is 4.15. The third-order valence-corrected chi connectivity index (χ3v) is 8.23. The van der Waals surface area contributed by atoms with E-state index in [1.807, 2.05) is 54.2 Å². The first kappa shape index (κ1) is 25.1. The van der Waals surface area contributed by atoms with Crippen molar-refractivity contribution in [1.82, 2.24) is 19.7 Å². The van der Waals surface area contributed by atoms with E-state index in [2.05, 4.69) is 22.0 Å². The lowest BCUT2D eigenvalue weighted by Gasteiger charge is -2.50. The van der Waals surface area contributed by atoms with Gasteiger partial charge in [0, 0.05) is 46.2 Å². The van der Waals surface area contributed by atoms with Gasteiger partial charge in [-0.05, 0) is 69.4 Å². The number of hydrogen-bond donors (Lipinski definition) is 2. The van der Waals surface area contributed by atoms with Crippen LogP contribution in [0.4, 0.5) is 0 Å².